The highest BCUT2D eigenvalue weighted by atomic mass is 127. The fourth-order valence-corrected chi connectivity index (χ4v) is 3.33. The maximum Gasteiger partial charge on any atom is 0.0639 e. The summed E-state index contributed by atoms with van der Waals surface area (Å²) in [7, 11) is 0. The zero-order valence-electron chi connectivity index (χ0n) is 9.75. The molecule has 0 spiro atoms. The van der Waals surface area contributed by atoms with Crippen molar-refractivity contribution >= 4 is 70.4 Å². The smallest absolute Gasteiger partial charge is 0.0639 e. The minimum absolute atomic E-state index is 1.10. The lowest BCUT2D eigenvalue weighted by Crippen LogP contribution is -1.93. The largest absolute Gasteiger partial charge is 0.0654 e. The average Bonchev–Trinajstić information content (AvgIpc) is 2.21. The Morgan fingerprint density at radius 2 is 1.31 bits per heavy atom. The second-order valence-corrected chi connectivity index (χ2v) is 9.69. The van der Waals surface area contributed by atoms with Gasteiger partial charge in [0.1, 0.15) is 0 Å². The maximum atomic E-state index is 3.62. The minimum Gasteiger partial charge on any atom is -0.0654 e. The summed E-state index contributed by atoms with van der Waals surface area (Å²) >= 11 is 13.1. The van der Waals surface area contributed by atoms with Gasteiger partial charge in [-0.05, 0) is 107 Å². The molecular weight excluding hydrogens is 511 g/mol. The topological polar surface area (TPSA) is 0 Å². The zero-order valence-corrected chi connectivity index (χ0v) is 16.7. The second-order valence-electron chi connectivity index (χ2n) is 3.69. The van der Waals surface area contributed by atoms with E-state index >= 15 is 0 Å². The van der Waals surface area contributed by atoms with Crippen molar-refractivity contribution in [3.8, 4) is 0 Å². The predicted octanol–water partition coefficient (Wildman–Crippen LogP) is 7.41. The molecule has 0 N–H and O–H groups in total. The molecule has 0 aliphatic rings. The molecular formula is C12H18Br3I. The fourth-order valence-electron chi connectivity index (χ4n) is 1.43. The zero-order chi connectivity index (χ0) is 12.6. The van der Waals surface area contributed by atoms with E-state index in [-0.39, 0.29) is 0 Å². The van der Waals surface area contributed by atoms with E-state index in [2.05, 4.69) is 84.2 Å². The fraction of sp³-hybridized carbons (Fsp3) is 0.667. The molecule has 0 aromatic rings. The molecule has 0 fully saturated rings. The van der Waals surface area contributed by atoms with Crippen molar-refractivity contribution in [2.75, 3.05) is 0 Å². The molecule has 0 saturated heterocycles. The maximum absolute atomic E-state index is 3.62. The van der Waals surface area contributed by atoms with Gasteiger partial charge in [-0.3, -0.25) is 0 Å². The Morgan fingerprint density at radius 1 is 0.875 bits per heavy atom. The molecule has 0 rings (SSSR count). The molecule has 0 bridgehead atoms. The van der Waals surface area contributed by atoms with E-state index < -0.39 is 0 Å². The lowest BCUT2D eigenvalue weighted by Gasteiger charge is -2.13. The number of allylic oxidation sites excluding steroid dienone is 2. The van der Waals surface area contributed by atoms with Gasteiger partial charge in [0, 0.05) is 0 Å². The van der Waals surface area contributed by atoms with Crippen LogP contribution in [0.5, 0.6) is 0 Å². The summed E-state index contributed by atoms with van der Waals surface area (Å²) < 4.78 is 2.34. The highest BCUT2D eigenvalue weighted by Gasteiger charge is 2.11. The van der Waals surface area contributed by atoms with E-state index in [1.807, 2.05) is 0 Å². The van der Waals surface area contributed by atoms with Crippen LogP contribution in [0.15, 0.2) is 17.0 Å². The van der Waals surface area contributed by atoms with Gasteiger partial charge < -0.3 is 0 Å². The van der Waals surface area contributed by atoms with Crippen molar-refractivity contribution in [1.29, 1.82) is 0 Å². The van der Waals surface area contributed by atoms with Crippen LogP contribution in [-0.4, -0.2) is 0 Å². The summed E-state index contributed by atoms with van der Waals surface area (Å²) in [6, 6.07) is 0. The standard InChI is InChI=1S/C12H18Br3I/c1-3-5-7-9(11(13)14)10(12(15)16)8-6-4-2/h3-8H2,1-2H3/b12-10+. The number of hydrogen-bond donors (Lipinski definition) is 0. The monoisotopic (exact) mass is 526 g/mol. The van der Waals surface area contributed by atoms with Crippen molar-refractivity contribution in [1.82, 2.24) is 0 Å². The van der Waals surface area contributed by atoms with Crippen LogP contribution >= 0.6 is 70.4 Å². The quantitative estimate of drug-likeness (QED) is 0.238. The Hall–Kier alpha value is 1.65. The van der Waals surface area contributed by atoms with Gasteiger partial charge >= 0.3 is 0 Å². The molecule has 0 heterocycles. The number of unbranched alkanes of at least 4 members (excludes halogenated alkanes) is 2. The van der Waals surface area contributed by atoms with Gasteiger partial charge in [-0.2, -0.15) is 0 Å². The average molecular weight is 529 g/mol. The van der Waals surface area contributed by atoms with Crippen LogP contribution < -0.4 is 0 Å². The first-order valence-corrected chi connectivity index (χ1v) is 9.08. The highest BCUT2D eigenvalue weighted by Crippen LogP contribution is 2.37. The molecule has 4 heteroatoms. The van der Waals surface area contributed by atoms with Gasteiger partial charge in [0.05, 0.1) is 5.88 Å². The number of rotatable bonds is 7. The van der Waals surface area contributed by atoms with E-state index in [1.165, 1.54) is 39.3 Å². The summed E-state index contributed by atoms with van der Waals surface area (Å²) in [5, 5.41) is 0. The summed E-state index contributed by atoms with van der Waals surface area (Å²) in [5.41, 5.74) is 2.86. The summed E-state index contributed by atoms with van der Waals surface area (Å²) in [4.78, 5) is 0. The van der Waals surface area contributed by atoms with Gasteiger partial charge in [-0.15, -0.1) is 0 Å². The van der Waals surface area contributed by atoms with Crippen LogP contribution in [0.4, 0.5) is 0 Å². The molecule has 0 aliphatic heterocycles. The third-order valence-corrected chi connectivity index (χ3v) is 4.47. The van der Waals surface area contributed by atoms with Crippen molar-refractivity contribution in [2.24, 2.45) is 0 Å². The van der Waals surface area contributed by atoms with E-state index in [9.17, 15) is 0 Å². The van der Waals surface area contributed by atoms with E-state index in [4.69, 9.17) is 0 Å². The van der Waals surface area contributed by atoms with Crippen LogP contribution in [0.1, 0.15) is 52.4 Å². The Kier molecular flexibility index (Phi) is 11.7. The van der Waals surface area contributed by atoms with Gasteiger partial charge in [-0.1, -0.05) is 26.7 Å². The third-order valence-electron chi connectivity index (χ3n) is 2.38. The van der Waals surface area contributed by atoms with E-state index in [0.29, 0.717) is 0 Å². The summed E-state index contributed by atoms with van der Waals surface area (Å²) in [6.45, 7) is 4.46. The van der Waals surface area contributed by atoms with Gasteiger partial charge in [-0.25, -0.2) is 0 Å². The lowest BCUT2D eigenvalue weighted by atomic mass is 9.99. The molecule has 0 nitrogen and oxygen atoms in total. The molecule has 0 amide bonds. The van der Waals surface area contributed by atoms with Crippen LogP contribution in [0, 0.1) is 0 Å². The van der Waals surface area contributed by atoms with Gasteiger partial charge in [0.15, 0.2) is 0 Å². The Balaban J connectivity index is 4.85. The van der Waals surface area contributed by atoms with Crippen molar-refractivity contribution < 1.29 is 0 Å². The van der Waals surface area contributed by atoms with E-state index in [1.54, 1.807) is 0 Å². The molecule has 0 radical (unpaired) electrons. The number of hydrogen-bond acceptors (Lipinski definition) is 0. The van der Waals surface area contributed by atoms with Crippen LogP contribution in [0.2, 0.25) is 0 Å². The van der Waals surface area contributed by atoms with Crippen molar-refractivity contribution in [3.63, 3.8) is 0 Å². The van der Waals surface area contributed by atoms with Crippen molar-refractivity contribution in [3.05, 3.63) is 17.0 Å². The molecule has 0 aromatic heterocycles. The minimum atomic E-state index is 1.10. The predicted molar refractivity (Wildman–Crippen MR) is 93.9 cm³/mol. The van der Waals surface area contributed by atoms with Gasteiger partial charge in [0.25, 0.3) is 0 Å². The van der Waals surface area contributed by atoms with Crippen LogP contribution in [-0.2, 0) is 0 Å². The lowest BCUT2D eigenvalue weighted by molar-refractivity contribution is 0.754. The third kappa shape index (κ3) is 7.17. The van der Waals surface area contributed by atoms with Crippen molar-refractivity contribution in [2.45, 2.75) is 52.4 Å². The normalized spacial score (nSPS) is 12.4. The molecule has 0 unspecified atom stereocenters. The Labute approximate surface area is 138 Å². The molecule has 0 aliphatic carbocycles. The molecule has 0 aromatic carbocycles. The first-order valence-electron chi connectivity index (χ1n) is 5.63. The number of halogens is 4. The van der Waals surface area contributed by atoms with Gasteiger partial charge in [0.2, 0.25) is 0 Å². The molecule has 94 valence electrons. The van der Waals surface area contributed by atoms with E-state index in [0.717, 1.165) is 16.2 Å². The molecule has 0 atom stereocenters. The Morgan fingerprint density at radius 3 is 1.62 bits per heavy atom. The van der Waals surface area contributed by atoms with Crippen LogP contribution in [0.3, 0.4) is 0 Å². The highest BCUT2D eigenvalue weighted by molar-refractivity contribution is 14.1. The summed E-state index contributed by atoms with van der Waals surface area (Å²) in [6.07, 6.45) is 7.25. The first-order chi connectivity index (χ1) is 7.54. The Bertz CT molecular complexity index is 233. The summed E-state index contributed by atoms with van der Waals surface area (Å²) in [5.74, 6) is 0. The molecule has 16 heavy (non-hydrogen) atoms. The first kappa shape index (κ1) is 17.6. The SMILES string of the molecule is CCCCC(=C(Br)Br)/C(CCCC)=C(\Br)I. The molecule has 0 saturated carbocycles. The van der Waals surface area contributed by atoms with Crippen LogP contribution in [0.25, 0.3) is 0 Å². The second kappa shape index (κ2) is 10.6.